The van der Waals surface area contributed by atoms with E-state index in [1.165, 1.54) is 5.56 Å². The summed E-state index contributed by atoms with van der Waals surface area (Å²) in [7, 11) is 0. The molecule has 1 atom stereocenters. The molecule has 0 saturated heterocycles. The Kier molecular flexibility index (Phi) is 3.04. The van der Waals surface area contributed by atoms with Crippen LogP contribution in [0.2, 0.25) is 0 Å². The van der Waals surface area contributed by atoms with Gasteiger partial charge < -0.3 is 4.74 Å². The minimum atomic E-state index is -0.105. The van der Waals surface area contributed by atoms with Gasteiger partial charge in [-0.25, -0.2) is 0 Å². The zero-order valence-electron chi connectivity index (χ0n) is 13.0. The molecule has 1 aliphatic rings. The SMILES string of the molecule is CC(=O)c1ccc2c(c1C(C)(C)C)OC(C)C2(C)C. The number of fused-ring (bicyclic) bond motifs is 1. The smallest absolute Gasteiger partial charge is 0.160 e. The lowest BCUT2D eigenvalue weighted by Crippen LogP contribution is -2.28. The third-order valence-corrected chi connectivity index (χ3v) is 4.29. The van der Waals surface area contributed by atoms with Gasteiger partial charge in [-0.3, -0.25) is 4.79 Å². The van der Waals surface area contributed by atoms with E-state index in [2.05, 4.69) is 47.6 Å². The van der Waals surface area contributed by atoms with Gasteiger partial charge in [-0.15, -0.1) is 0 Å². The summed E-state index contributed by atoms with van der Waals surface area (Å²) in [5.41, 5.74) is 2.94. The molecule has 0 saturated carbocycles. The van der Waals surface area contributed by atoms with E-state index >= 15 is 0 Å². The molecule has 0 spiro atoms. The predicted octanol–water partition coefficient (Wildman–Crippen LogP) is 4.25. The standard InChI is InChI=1S/C17H24O2/c1-10(18)12-8-9-13-15(14(12)16(3,4)5)19-11(2)17(13,6)7/h8-9,11H,1-7H3. The minimum absolute atomic E-state index is 0.00927. The van der Waals surface area contributed by atoms with Crippen LogP contribution in [-0.2, 0) is 10.8 Å². The fourth-order valence-electron chi connectivity index (χ4n) is 2.79. The van der Waals surface area contributed by atoms with Gasteiger partial charge in [0.15, 0.2) is 5.78 Å². The summed E-state index contributed by atoms with van der Waals surface area (Å²) in [6.45, 7) is 14.5. The second kappa shape index (κ2) is 4.09. The van der Waals surface area contributed by atoms with Crippen LogP contribution in [0.1, 0.15) is 70.0 Å². The van der Waals surface area contributed by atoms with Crippen molar-refractivity contribution in [2.45, 2.75) is 65.4 Å². The second-order valence-electron chi connectivity index (χ2n) is 7.15. The Morgan fingerprint density at radius 3 is 2.32 bits per heavy atom. The summed E-state index contributed by atoms with van der Waals surface area (Å²) in [6, 6.07) is 4.02. The van der Waals surface area contributed by atoms with Crippen LogP contribution in [0.3, 0.4) is 0 Å². The molecule has 0 bridgehead atoms. The molecule has 1 unspecified atom stereocenters. The van der Waals surface area contributed by atoms with Crippen molar-refractivity contribution in [2.75, 3.05) is 0 Å². The van der Waals surface area contributed by atoms with Crippen molar-refractivity contribution in [3.8, 4) is 5.75 Å². The van der Waals surface area contributed by atoms with Gasteiger partial charge in [0.25, 0.3) is 0 Å². The molecule has 0 fully saturated rings. The number of carbonyl (C=O) groups excluding carboxylic acids is 1. The maximum Gasteiger partial charge on any atom is 0.160 e. The second-order valence-corrected chi connectivity index (χ2v) is 7.15. The third kappa shape index (κ3) is 2.07. The van der Waals surface area contributed by atoms with Crippen molar-refractivity contribution in [3.63, 3.8) is 0 Å². The first kappa shape index (κ1) is 14.1. The van der Waals surface area contributed by atoms with Crippen LogP contribution in [0.5, 0.6) is 5.75 Å². The molecular weight excluding hydrogens is 236 g/mol. The lowest BCUT2D eigenvalue weighted by molar-refractivity contribution is 0.101. The van der Waals surface area contributed by atoms with E-state index in [0.29, 0.717) is 0 Å². The first-order valence-electron chi connectivity index (χ1n) is 6.92. The number of hydrogen-bond acceptors (Lipinski definition) is 2. The summed E-state index contributed by atoms with van der Waals surface area (Å²) in [5.74, 6) is 1.03. The summed E-state index contributed by atoms with van der Waals surface area (Å²) in [4.78, 5) is 11.9. The van der Waals surface area contributed by atoms with E-state index in [4.69, 9.17) is 4.74 Å². The van der Waals surface area contributed by atoms with E-state index < -0.39 is 0 Å². The lowest BCUT2D eigenvalue weighted by atomic mass is 9.76. The number of ether oxygens (including phenoxy) is 1. The van der Waals surface area contributed by atoms with Crippen LogP contribution in [0.25, 0.3) is 0 Å². The zero-order chi connectivity index (χ0) is 14.6. The van der Waals surface area contributed by atoms with Crippen molar-refractivity contribution in [1.29, 1.82) is 0 Å². The van der Waals surface area contributed by atoms with E-state index in [1.54, 1.807) is 6.92 Å². The van der Waals surface area contributed by atoms with E-state index in [1.807, 2.05) is 6.07 Å². The number of hydrogen-bond donors (Lipinski definition) is 0. The molecule has 0 aliphatic carbocycles. The van der Waals surface area contributed by atoms with Gasteiger partial charge in [0.2, 0.25) is 0 Å². The van der Waals surface area contributed by atoms with Crippen LogP contribution < -0.4 is 4.74 Å². The molecule has 0 N–H and O–H groups in total. The number of Topliss-reactive ketones (excluding diaryl/α,β-unsaturated/α-hetero) is 1. The molecule has 1 aromatic carbocycles. The number of benzene rings is 1. The number of carbonyl (C=O) groups is 1. The topological polar surface area (TPSA) is 26.3 Å². The predicted molar refractivity (Wildman–Crippen MR) is 78.3 cm³/mol. The molecule has 104 valence electrons. The van der Waals surface area contributed by atoms with E-state index in [-0.39, 0.29) is 22.7 Å². The Hall–Kier alpha value is -1.31. The van der Waals surface area contributed by atoms with Crippen molar-refractivity contribution in [1.82, 2.24) is 0 Å². The molecular formula is C17H24O2. The quantitative estimate of drug-likeness (QED) is 0.706. The largest absolute Gasteiger partial charge is 0.489 e. The molecule has 1 aliphatic heterocycles. The van der Waals surface area contributed by atoms with Gasteiger partial charge in [0.1, 0.15) is 11.9 Å². The van der Waals surface area contributed by atoms with Crippen LogP contribution in [0.15, 0.2) is 12.1 Å². The van der Waals surface area contributed by atoms with Crippen molar-refractivity contribution < 1.29 is 9.53 Å². The molecule has 1 heterocycles. The Balaban J connectivity index is 2.78. The summed E-state index contributed by atoms with van der Waals surface area (Å²) >= 11 is 0. The monoisotopic (exact) mass is 260 g/mol. The lowest BCUT2D eigenvalue weighted by Gasteiger charge is -2.25. The fraction of sp³-hybridized carbons (Fsp3) is 0.588. The van der Waals surface area contributed by atoms with Crippen LogP contribution in [-0.4, -0.2) is 11.9 Å². The van der Waals surface area contributed by atoms with Gasteiger partial charge in [-0.1, -0.05) is 46.8 Å². The molecule has 0 amide bonds. The average Bonchev–Trinajstić information content (AvgIpc) is 2.47. The van der Waals surface area contributed by atoms with Crippen molar-refractivity contribution in [2.24, 2.45) is 0 Å². The van der Waals surface area contributed by atoms with Crippen molar-refractivity contribution >= 4 is 5.78 Å². The first-order chi connectivity index (χ1) is 8.56. The summed E-state index contributed by atoms with van der Waals surface area (Å²) in [5, 5.41) is 0. The molecule has 2 nitrogen and oxygen atoms in total. The van der Waals surface area contributed by atoms with Gasteiger partial charge >= 0.3 is 0 Å². The summed E-state index contributed by atoms with van der Waals surface area (Å²) < 4.78 is 6.12. The van der Waals surface area contributed by atoms with Crippen LogP contribution >= 0.6 is 0 Å². The van der Waals surface area contributed by atoms with Gasteiger partial charge in [-0.2, -0.15) is 0 Å². The van der Waals surface area contributed by atoms with Gasteiger partial charge in [0, 0.05) is 22.1 Å². The van der Waals surface area contributed by atoms with Crippen molar-refractivity contribution in [3.05, 3.63) is 28.8 Å². The molecule has 19 heavy (non-hydrogen) atoms. The summed E-state index contributed by atoms with van der Waals surface area (Å²) in [6.07, 6.45) is 0.130. The highest BCUT2D eigenvalue weighted by molar-refractivity contribution is 5.97. The van der Waals surface area contributed by atoms with Crippen LogP contribution in [0, 0.1) is 0 Å². The molecule has 0 aromatic heterocycles. The first-order valence-corrected chi connectivity index (χ1v) is 6.92. The number of rotatable bonds is 1. The Morgan fingerprint density at radius 1 is 1.26 bits per heavy atom. The van der Waals surface area contributed by atoms with E-state index in [0.717, 1.165) is 16.9 Å². The Morgan fingerprint density at radius 2 is 1.84 bits per heavy atom. The minimum Gasteiger partial charge on any atom is -0.489 e. The fourth-order valence-corrected chi connectivity index (χ4v) is 2.79. The highest BCUT2D eigenvalue weighted by Crippen LogP contribution is 2.48. The maximum atomic E-state index is 11.9. The highest BCUT2D eigenvalue weighted by atomic mass is 16.5. The van der Waals surface area contributed by atoms with E-state index in [9.17, 15) is 4.79 Å². The zero-order valence-corrected chi connectivity index (χ0v) is 13.0. The molecule has 2 rings (SSSR count). The van der Waals surface area contributed by atoms with Gasteiger partial charge in [-0.05, 0) is 19.3 Å². The Labute approximate surface area is 116 Å². The maximum absolute atomic E-state index is 11.9. The highest BCUT2D eigenvalue weighted by Gasteiger charge is 2.42. The van der Waals surface area contributed by atoms with Crippen LogP contribution in [0.4, 0.5) is 0 Å². The average molecular weight is 260 g/mol. The number of ketones is 1. The third-order valence-electron chi connectivity index (χ3n) is 4.29. The molecule has 1 aromatic rings. The van der Waals surface area contributed by atoms with Gasteiger partial charge in [0.05, 0.1) is 0 Å². The normalized spacial score (nSPS) is 20.9. The molecule has 2 heteroatoms. The Bertz CT molecular complexity index is 533. The molecule has 0 radical (unpaired) electrons.